The summed E-state index contributed by atoms with van der Waals surface area (Å²) in [7, 11) is 0. The highest BCUT2D eigenvalue weighted by atomic mass is 79.9. The quantitative estimate of drug-likeness (QED) is 0.353. The minimum Gasteiger partial charge on any atom is -0.323 e. The summed E-state index contributed by atoms with van der Waals surface area (Å²) in [5.74, 6) is 3.12. The van der Waals surface area contributed by atoms with Crippen molar-refractivity contribution in [2.45, 2.75) is 13.1 Å². The van der Waals surface area contributed by atoms with Crippen LogP contribution in [0, 0.1) is 18.6 Å². The van der Waals surface area contributed by atoms with Gasteiger partial charge in [-0.05, 0) is 28.9 Å². The number of hydrogen-bond acceptors (Lipinski definition) is 3. The molecule has 0 spiro atoms. The molecule has 0 saturated carbocycles. The number of hydrogen-bond donors (Lipinski definition) is 2. The third-order valence-corrected chi connectivity index (χ3v) is 3.34. The van der Waals surface area contributed by atoms with Crippen LogP contribution in [-0.4, -0.2) is 4.98 Å². The Morgan fingerprint density at radius 2 is 1.90 bits per heavy atom. The maximum Gasteiger partial charge on any atom is 0.433 e. The van der Waals surface area contributed by atoms with Gasteiger partial charge < -0.3 is 5.43 Å². The van der Waals surface area contributed by atoms with Crippen molar-refractivity contribution in [3.8, 4) is 0 Å². The van der Waals surface area contributed by atoms with Crippen molar-refractivity contribution in [3.63, 3.8) is 0 Å². The monoisotopic (exact) mass is 355 g/mol. The summed E-state index contributed by atoms with van der Waals surface area (Å²) in [4.78, 5) is 3.20. The van der Waals surface area contributed by atoms with Crippen molar-refractivity contribution in [3.05, 3.63) is 33.4 Å². The summed E-state index contributed by atoms with van der Waals surface area (Å²) in [6, 6.07) is 0.709. The van der Waals surface area contributed by atoms with Crippen LogP contribution >= 0.6 is 15.9 Å². The van der Waals surface area contributed by atoms with Crippen molar-refractivity contribution in [2.75, 3.05) is 5.43 Å². The van der Waals surface area contributed by atoms with Crippen LogP contribution in [0.5, 0.6) is 0 Å². The molecule has 0 unspecified atom stereocenters. The Balaban J connectivity index is 3.04. The molecule has 0 atom stereocenters. The SMILES string of the molecule is Cc1c(C(F)(F)F)nc2c(F)cc(Br)c(F)c2c1NN. The maximum absolute atomic E-state index is 14.0. The largest absolute Gasteiger partial charge is 0.433 e. The number of benzene rings is 1. The average molecular weight is 356 g/mol. The van der Waals surface area contributed by atoms with Crippen molar-refractivity contribution < 1.29 is 22.0 Å². The molecule has 0 aliphatic carbocycles. The smallest absolute Gasteiger partial charge is 0.323 e. The van der Waals surface area contributed by atoms with Crippen LogP contribution in [0.1, 0.15) is 11.3 Å². The zero-order valence-electron chi connectivity index (χ0n) is 9.87. The molecule has 0 aliphatic heterocycles. The molecule has 0 saturated heterocycles. The van der Waals surface area contributed by atoms with Crippen molar-refractivity contribution in [2.24, 2.45) is 5.84 Å². The predicted molar refractivity (Wildman–Crippen MR) is 66.9 cm³/mol. The van der Waals surface area contributed by atoms with Gasteiger partial charge in [0.25, 0.3) is 0 Å². The van der Waals surface area contributed by atoms with Crippen LogP contribution in [0.4, 0.5) is 27.6 Å². The number of nitrogens with zero attached hydrogens (tertiary/aromatic N) is 1. The summed E-state index contributed by atoms with van der Waals surface area (Å²) in [6.07, 6.45) is -4.81. The molecule has 0 fully saturated rings. The van der Waals surface area contributed by atoms with E-state index in [0.29, 0.717) is 6.07 Å². The minimum absolute atomic E-state index is 0.236. The van der Waals surface area contributed by atoms with Gasteiger partial charge in [-0.3, -0.25) is 5.84 Å². The van der Waals surface area contributed by atoms with Gasteiger partial charge >= 0.3 is 6.18 Å². The van der Waals surface area contributed by atoms with Gasteiger partial charge in [0.1, 0.15) is 17.0 Å². The normalized spacial score (nSPS) is 12.0. The van der Waals surface area contributed by atoms with Crippen LogP contribution in [0.2, 0.25) is 0 Å². The molecule has 2 rings (SSSR count). The van der Waals surface area contributed by atoms with E-state index >= 15 is 0 Å². The third-order valence-electron chi connectivity index (χ3n) is 2.76. The first-order valence-corrected chi connectivity index (χ1v) is 5.99. The molecule has 3 nitrogen and oxygen atoms in total. The van der Waals surface area contributed by atoms with Gasteiger partial charge in [0.05, 0.1) is 15.5 Å². The Labute approximate surface area is 118 Å². The second-order valence-corrected chi connectivity index (χ2v) is 4.83. The fourth-order valence-corrected chi connectivity index (χ4v) is 2.28. The summed E-state index contributed by atoms with van der Waals surface area (Å²) in [5, 5.41) is -0.440. The lowest BCUT2D eigenvalue weighted by molar-refractivity contribution is -0.141. The van der Waals surface area contributed by atoms with E-state index in [-0.39, 0.29) is 10.2 Å². The molecule has 0 amide bonds. The Kier molecular flexibility index (Phi) is 3.59. The maximum atomic E-state index is 14.0. The fraction of sp³-hybridized carbons (Fsp3) is 0.182. The van der Waals surface area contributed by atoms with E-state index in [1.807, 2.05) is 5.43 Å². The van der Waals surface area contributed by atoms with Crippen LogP contribution in [-0.2, 0) is 6.18 Å². The summed E-state index contributed by atoms with van der Waals surface area (Å²) in [5.41, 5.74) is -0.856. The number of aromatic nitrogens is 1. The molecule has 0 radical (unpaired) electrons. The topological polar surface area (TPSA) is 50.9 Å². The highest BCUT2D eigenvalue weighted by Gasteiger charge is 2.37. The first-order valence-electron chi connectivity index (χ1n) is 5.20. The van der Waals surface area contributed by atoms with Crippen molar-refractivity contribution in [1.29, 1.82) is 0 Å². The highest BCUT2D eigenvalue weighted by molar-refractivity contribution is 9.10. The van der Waals surface area contributed by atoms with Crippen LogP contribution in [0.25, 0.3) is 10.9 Å². The highest BCUT2D eigenvalue weighted by Crippen LogP contribution is 2.39. The second-order valence-electron chi connectivity index (χ2n) is 3.98. The number of nitrogens with one attached hydrogen (secondary N) is 1. The van der Waals surface area contributed by atoms with Gasteiger partial charge in [0, 0.05) is 5.56 Å². The number of fused-ring (bicyclic) bond motifs is 1. The molecule has 3 N–H and O–H groups in total. The molecule has 0 aliphatic rings. The zero-order valence-corrected chi connectivity index (χ0v) is 11.5. The van der Waals surface area contributed by atoms with E-state index in [1.165, 1.54) is 0 Å². The van der Waals surface area contributed by atoms with E-state index in [1.54, 1.807) is 0 Å². The van der Waals surface area contributed by atoms with Crippen LogP contribution in [0.15, 0.2) is 10.5 Å². The van der Waals surface area contributed by atoms with E-state index in [4.69, 9.17) is 5.84 Å². The number of nitrogens with two attached hydrogens (primary N) is 1. The number of halogens is 6. The number of nitrogen functional groups attached to an aromatic ring is 1. The third kappa shape index (κ3) is 2.20. The van der Waals surface area contributed by atoms with Gasteiger partial charge in [-0.1, -0.05) is 0 Å². The first-order chi connectivity index (χ1) is 9.18. The summed E-state index contributed by atoms with van der Waals surface area (Å²) < 4.78 is 66.1. The molecule has 108 valence electrons. The Hall–Kier alpha value is -1.48. The lowest BCUT2D eigenvalue weighted by atomic mass is 10.1. The zero-order chi connectivity index (χ0) is 15.2. The van der Waals surface area contributed by atoms with E-state index in [0.717, 1.165) is 6.92 Å². The molecule has 1 aromatic heterocycles. The molecule has 1 heterocycles. The molecule has 9 heteroatoms. The number of alkyl halides is 3. The summed E-state index contributed by atoms with van der Waals surface area (Å²) >= 11 is 2.78. The van der Waals surface area contributed by atoms with Gasteiger partial charge in [0.15, 0.2) is 5.82 Å². The average Bonchev–Trinajstić information content (AvgIpc) is 2.33. The van der Waals surface area contributed by atoms with Crippen molar-refractivity contribution >= 4 is 32.5 Å². The lowest BCUT2D eigenvalue weighted by Gasteiger charge is -2.16. The Morgan fingerprint density at radius 1 is 1.30 bits per heavy atom. The number of hydrazine groups is 1. The Morgan fingerprint density at radius 3 is 2.40 bits per heavy atom. The minimum atomic E-state index is -4.81. The Bertz CT molecular complexity index is 699. The van der Waals surface area contributed by atoms with Gasteiger partial charge in [-0.15, -0.1) is 0 Å². The molecule has 20 heavy (non-hydrogen) atoms. The molecule has 2 aromatic rings. The van der Waals surface area contributed by atoms with Crippen LogP contribution < -0.4 is 11.3 Å². The second kappa shape index (κ2) is 4.81. The van der Waals surface area contributed by atoms with E-state index < -0.39 is 40.0 Å². The first kappa shape index (κ1) is 14.9. The van der Waals surface area contributed by atoms with E-state index in [2.05, 4.69) is 20.9 Å². The van der Waals surface area contributed by atoms with Gasteiger partial charge in [0.2, 0.25) is 0 Å². The molecule has 0 bridgehead atoms. The van der Waals surface area contributed by atoms with Crippen LogP contribution in [0.3, 0.4) is 0 Å². The summed E-state index contributed by atoms with van der Waals surface area (Å²) in [6.45, 7) is 1.07. The number of rotatable bonds is 1. The van der Waals surface area contributed by atoms with Gasteiger partial charge in [-0.25, -0.2) is 13.8 Å². The predicted octanol–water partition coefficient (Wildman–Crippen LogP) is 3.89. The fourth-order valence-electron chi connectivity index (χ4n) is 1.88. The molecular formula is C11H7BrF5N3. The number of anilines is 1. The number of pyridine rings is 1. The molecule has 1 aromatic carbocycles. The van der Waals surface area contributed by atoms with Crippen molar-refractivity contribution in [1.82, 2.24) is 4.98 Å². The molecular weight excluding hydrogens is 349 g/mol. The van der Waals surface area contributed by atoms with E-state index in [9.17, 15) is 22.0 Å². The lowest BCUT2D eigenvalue weighted by Crippen LogP contribution is -2.17. The standard InChI is InChI=1S/C11H7BrF5N3/c1-3-8(20-18)6-7(14)4(12)2-5(13)9(6)19-10(3)11(15,16)17/h2H,18H2,1H3,(H,19,20). The van der Waals surface area contributed by atoms with Gasteiger partial charge in [-0.2, -0.15) is 13.2 Å².